The number of aryl methyl sites for hydroxylation is 1. The van der Waals surface area contributed by atoms with Crippen molar-refractivity contribution in [3.05, 3.63) is 65.7 Å². The van der Waals surface area contributed by atoms with Gasteiger partial charge in [-0.25, -0.2) is 4.57 Å². The minimum Gasteiger partial charge on any atom is -0.481 e. The Morgan fingerprint density at radius 2 is 1.55 bits per heavy atom. The van der Waals surface area contributed by atoms with Gasteiger partial charge in [0.05, 0.1) is 0 Å². The van der Waals surface area contributed by atoms with Crippen molar-refractivity contribution in [1.29, 1.82) is 0 Å². The van der Waals surface area contributed by atoms with Gasteiger partial charge in [0.25, 0.3) is 0 Å². The van der Waals surface area contributed by atoms with Crippen molar-refractivity contribution in [2.24, 2.45) is 0 Å². The van der Waals surface area contributed by atoms with E-state index < -0.39 is 43.6 Å². The Labute approximate surface area is 220 Å². The minimum atomic E-state index is -4.73. The standard InChI is InChI=1S/C25H32N3O9P/c1-17(29)27-22(16-19-9-11-20(12-10-19)37-38(34,35)36)25(33)28-21(13-14-23(30)31)24(32)26-15-5-8-18-6-3-2-4-7-18/h2-4,6-7,9-12,21-22H,5,8,13-16H2,1H3,(H,26,32)(H,27,29)(H,28,33)(H,30,31)(H2,34,35,36)/t21-,22+/m0/s1. The molecule has 38 heavy (non-hydrogen) atoms. The van der Waals surface area contributed by atoms with Crippen LogP contribution in [0.1, 0.15) is 37.3 Å². The average Bonchev–Trinajstić information content (AvgIpc) is 2.84. The molecule has 0 radical (unpaired) electrons. The summed E-state index contributed by atoms with van der Waals surface area (Å²) in [5.41, 5.74) is 1.64. The maximum atomic E-state index is 13.0. The third-order valence-electron chi connectivity index (χ3n) is 5.35. The summed E-state index contributed by atoms with van der Waals surface area (Å²) in [6.45, 7) is 1.55. The first-order valence-electron chi connectivity index (χ1n) is 11.9. The van der Waals surface area contributed by atoms with E-state index in [1.807, 2.05) is 30.3 Å². The Morgan fingerprint density at radius 3 is 2.13 bits per heavy atom. The zero-order valence-electron chi connectivity index (χ0n) is 20.8. The van der Waals surface area contributed by atoms with Crippen LogP contribution < -0.4 is 20.5 Å². The summed E-state index contributed by atoms with van der Waals surface area (Å²) < 4.78 is 15.5. The number of carboxylic acids is 1. The van der Waals surface area contributed by atoms with Crippen LogP contribution in [-0.2, 0) is 36.6 Å². The summed E-state index contributed by atoms with van der Waals surface area (Å²) in [6, 6.07) is 13.0. The topological polar surface area (TPSA) is 191 Å². The molecule has 2 atom stereocenters. The van der Waals surface area contributed by atoms with E-state index in [-0.39, 0.29) is 25.0 Å². The van der Waals surface area contributed by atoms with Gasteiger partial charge >= 0.3 is 13.8 Å². The van der Waals surface area contributed by atoms with Crippen molar-refractivity contribution in [2.45, 2.75) is 51.1 Å². The van der Waals surface area contributed by atoms with E-state index in [4.69, 9.17) is 14.9 Å². The van der Waals surface area contributed by atoms with E-state index in [9.17, 15) is 23.7 Å². The summed E-state index contributed by atoms with van der Waals surface area (Å²) in [7, 11) is -4.73. The molecular formula is C25H32N3O9P. The summed E-state index contributed by atoms with van der Waals surface area (Å²) >= 11 is 0. The zero-order valence-corrected chi connectivity index (χ0v) is 21.7. The molecule has 0 spiro atoms. The zero-order chi connectivity index (χ0) is 28.1. The Morgan fingerprint density at radius 1 is 0.895 bits per heavy atom. The molecule has 0 saturated heterocycles. The van der Waals surface area contributed by atoms with Crippen LogP contribution in [0.3, 0.4) is 0 Å². The molecule has 2 aromatic carbocycles. The van der Waals surface area contributed by atoms with E-state index in [0.717, 1.165) is 12.0 Å². The van der Waals surface area contributed by atoms with Crippen LogP contribution >= 0.6 is 7.82 Å². The van der Waals surface area contributed by atoms with Gasteiger partial charge in [-0.3, -0.25) is 29.0 Å². The highest BCUT2D eigenvalue weighted by molar-refractivity contribution is 7.46. The lowest BCUT2D eigenvalue weighted by Crippen LogP contribution is -2.54. The van der Waals surface area contributed by atoms with Crippen molar-refractivity contribution >= 4 is 31.5 Å². The SMILES string of the molecule is CC(=O)N[C@H](Cc1ccc(OP(=O)(O)O)cc1)C(=O)N[C@@H](CCC(=O)O)C(=O)NCCCc1ccccc1. The van der Waals surface area contributed by atoms with Gasteiger partial charge in [0, 0.05) is 26.3 Å². The quantitative estimate of drug-likeness (QED) is 0.140. The number of amides is 3. The molecule has 0 bridgehead atoms. The Kier molecular flexibility index (Phi) is 11.9. The fraction of sp³-hybridized carbons (Fsp3) is 0.360. The lowest BCUT2D eigenvalue weighted by atomic mass is 10.0. The third kappa shape index (κ3) is 12.0. The number of carbonyl (C=O) groups is 4. The summed E-state index contributed by atoms with van der Waals surface area (Å²) in [4.78, 5) is 66.4. The molecule has 3 amide bonds. The monoisotopic (exact) mass is 549 g/mol. The molecule has 0 fully saturated rings. The molecule has 206 valence electrons. The second-order valence-electron chi connectivity index (χ2n) is 8.56. The molecule has 0 aliphatic rings. The van der Waals surface area contributed by atoms with Crippen LogP contribution in [0, 0.1) is 0 Å². The van der Waals surface area contributed by atoms with Crippen LogP contribution in [-0.4, -0.2) is 57.2 Å². The highest BCUT2D eigenvalue weighted by Crippen LogP contribution is 2.37. The maximum absolute atomic E-state index is 13.0. The van der Waals surface area contributed by atoms with Crippen LogP contribution in [0.2, 0.25) is 0 Å². The average molecular weight is 550 g/mol. The smallest absolute Gasteiger partial charge is 0.481 e. The van der Waals surface area contributed by atoms with Crippen LogP contribution in [0.25, 0.3) is 0 Å². The number of carbonyl (C=O) groups excluding carboxylic acids is 3. The predicted octanol–water partition coefficient (Wildman–Crippen LogP) is 1.30. The minimum absolute atomic E-state index is 0.00799. The second-order valence-corrected chi connectivity index (χ2v) is 9.72. The number of nitrogens with one attached hydrogen (secondary N) is 3. The van der Waals surface area contributed by atoms with Crippen LogP contribution in [0.5, 0.6) is 5.75 Å². The number of rotatable bonds is 15. The highest BCUT2D eigenvalue weighted by atomic mass is 31.2. The van der Waals surface area contributed by atoms with Gasteiger partial charge in [0.15, 0.2) is 0 Å². The fourth-order valence-corrected chi connectivity index (χ4v) is 3.99. The van der Waals surface area contributed by atoms with Crippen molar-refractivity contribution in [1.82, 2.24) is 16.0 Å². The fourth-order valence-electron chi connectivity index (χ4n) is 3.59. The number of hydrogen-bond donors (Lipinski definition) is 6. The Hall–Kier alpha value is -3.73. The van der Waals surface area contributed by atoms with E-state index in [1.54, 1.807) is 0 Å². The molecule has 0 saturated carbocycles. The number of phosphoric acid groups is 1. The third-order valence-corrected chi connectivity index (χ3v) is 5.79. The summed E-state index contributed by atoms with van der Waals surface area (Å²) in [5.74, 6) is -2.93. The maximum Gasteiger partial charge on any atom is 0.524 e. The van der Waals surface area contributed by atoms with Crippen molar-refractivity contribution in [2.75, 3.05) is 6.54 Å². The van der Waals surface area contributed by atoms with Gasteiger partial charge < -0.3 is 25.6 Å². The van der Waals surface area contributed by atoms with Crippen LogP contribution in [0.15, 0.2) is 54.6 Å². The lowest BCUT2D eigenvalue weighted by Gasteiger charge is -2.23. The number of carboxylic acid groups (broad SMARTS) is 1. The molecule has 0 unspecified atom stereocenters. The van der Waals surface area contributed by atoms with Gasteiger partial charge in [-0.2, -0.15) is 0 Å². The van der Waals surface area contributed by atoms with Gasteiger partial charge in [-0.15, -0.1) is 0 Å². The molecule has 0 heterocycles. The molecule has 12 nitrogen and oxygen atoms in total. The van der Waals surface area contributed by atoms with Gasteiger partial charge in [0.2, 0.25) is 17.7 Å². The molecule has 13 heteroatoms. The molecule has 0 aliphatic heterocycles. The van der Waals surface area contributed by atoms with Gasteiger partial charge in [-0.1, -0.05) is 42.5 Å². The van der Waals surface area contributed by atoms with Gasteiger partial charge in [-0.05, 0) is 42.5 Å². The summed E-state index contributed by atoms with van der Waals surface area (Å²) in [5, 5.41) is 16.8. The molecule has 2 rings (SSSR count). The lowest BCUT2D eigenvalue weighted by molar-refractivity contribution is -0.138. The highest BCUT2D eigenvalue weighted by Gasteiger charge is 2.27. The van der Waals surface area contributed by atoms with E-state index in [1.165, 1.54) is 31.2 Å². The first-order chi connectivity index (χ1) is 17.9. The first-order valence-corrected chi connectivity index (χ1v) is 13.4. The Bertz CT molecular complexity index is 1140. The molecule has 2 aromatic rings. The molecular weight excluding hydrogens is 517 g/mol. The Balaban J connectivity index is 2.03. The van der Waals surface area contributed by atoms with Crippen molar-refractivity contribution in [3.63, 3.8) is 0 Å². The number of aliphatic carboxylic acids is 1. The van der Waals surface area contributed by atoms with E-state index in [2.05, 4.69) is 20.5 Å². The van der Waals surface area contributed by atoms with Gasteiger partial charge in [0.1, 0.15) is 17.8 Å². The predicted molar refractivity (Wildman–Crippen MR) is 137 cm³/mol. The first kappa shape index (κ1) is 30.5. The van der Waals surface area contributed by atoms with E-state index in [0.29, 0.717) is 18.5 Å². The second kappa shape index (κ2) is 14.9. The number of phosphoric ester groups is 1. The largest absolute Gasteiger partial charge is 0.524 e. The van der Waals surface area contributed by atoms with E-state index >= 15 is 0 Å². The molecule has 0 aromatic heterocycles. The van der Waals surface area contributed by atoms with Crippen molar-refractivity contribution < 1.29 is 43.2 Å². The van der Waals surface area contributed by atoms with Crippen LogP contribution in [0.4, 0.5) is 0 Å². The summed E-state index contributed by atoms with van der Waals surface area (Å²) in [6.07, 6.45) is 0.869. The number of hydrogen-bond acceptors (Lipinski definition) is 6. The molecule has 0 aliphatic carbocycles. The van der Waals surface area contributed by atoms with Crippen molar-refractivity contribution in [3.8, 4) is 5.75 Å². The molecule has 6 N–H and O–H groups in total. The number of benzene rings is 2. The normalized spacial score (nSPS) is 12.6.